The molecule has 2 aromatic carbocycles. The maximum atomic E-state index is 9.72. The van der Waals surface area contributed by atoms with Crippen molar-refractivity contribution in [2.45, 2.75) is 20.5 Å². The number of rotatable bonds is 0. The van der Waals surface area contributed by atoms with Crippen molar-refractivity contribution < 1.29 is 9.84 Å². The minimum Gasteiger partial charge on any atom is -0.508 e. The van der Waals surface area contributed by atoms with E-state index >= 15 is 0 Å². The standard InChI is InChI=1S/C15H14O2/c1-9-4-3-5-12-11-6-7-14(16)10(2)13(11)8-17-15(9)12/h3-7,16H,8H2,1-2H3. The third-order valence-electron chi connectivity index (χ3n) is 3.43. The predicted octanol–water partition coefficient (Wildman–Crippen LogP) is 3.57. The Labute approximate surface area is 100 Å². The molecule has 2 aromatic rings. The number of benzene rings is 2. The molecule has 0 spiro atoms. The lowest BCUT2D eigenvalue weighted by Crippen LogP contribution is -2.08. The van der Waals surface area contributed by atoms with E-state index in [0.29, 0.717) is 12.4 Å². The van der Waals surface area contributed by atoms with Crippen LogP contribution in [0.15, 0.2) is 30.3 Å². The van der Waals surface area contributed by atoms with Crippen molar-refractivity contribution in [3.63, 3.8) is 0 Å². The molecule has 0 atom stereocenters. The average Bonchev–Trinajstić information content (AvgIpc) is 2.34. The summed E-state index contributed by atoms with van der Waals surface area (Å²) in [6.45, 7) is 4.52. The first-order chi connectivity index (χ1) is 8.18. The van der Waals surface area contributed by atoms with Crippen LogP contribution >= 0.6 is 0 Å². The van der Waals surface area contributed by atoms with Crippen molar-refractivity contribution >= 4 is 0 Å². The lowest BCUT2D eigenvalue weighted by Gasteiger charge is -2.24. The van der Waals surface area contributed by atoms with E-state index in [1.54, 1.807) is 6.07 Å². The smallest absolute Gasteiger partial charge is 0.130 e. The third-order valence-corrected chi connectivity index (χ3v) is 3.43. The molecule has 86 valence electrons. The maximum absolute atomic E-state index is 9.72. The summed E-state index contributed by atoms with van der Waals surface area (Å²) in [4.78, 5) is 0. The predicted molar refractivity (Wildman–Crippen MR) is 67.3 cm³/mol. The van der Waals surface area contributed by atoms with Crippen LogP contribution in [0.1, 0.15) is 16.7 Å². The number of fused-ring (bicyclic) bond motifs is 3. The first kappa shape index (κ1) is 10.2. The van der Waals surface area contributed by atoms with Gasteiger partial charge in [-0.25, -0.2) is 0 Å². The van der Waals surface area contributed by atoms with Gasteiger partial charge in [0.1, 0.15) is 18.1 Å². The molecule has 1 heterocycles. The molecular weight excluding hydrogens is 212 g/mol. The van der Waals surface area contributed by atoms with Gasteiger partial charge in [-0.05, 0) is 36.6 Å². The van der Waals surface area contributed by atoms with Gasteiger partial charge >= 0.3 is 0 Å². The molecule has 0 bridgehead atoms. The molecule has 0 saturated carbocycles. The lowest BCUT2D eigenvalue weighted by molar-refractivity contribution is 0.298. The number of hydrogen-bond acceptors (Lipinski definition) is 2. The van der Waals surface area contributed by atoms with Crippen LogP contribution in [-0.2, 0) is 6.61 Å². The number of ether oxygens (including phenoxy) is 1. The van der Waals surface area contributed by atoms with Crippen molar-refractivity contribution in [2.24, 2.45) is 0 Å². The van der Waals surface area contributed by atoms with E-state index in [-0.39, 0.29) is 0 Å². The Morgan fingerprint density at radius 1 is 1.06 bits per heavy atom. The third kappa shape index (κ3) is 1.41. The highest BCUT2D eigenvalue weighted by molar-refractivity contribution is 5.78. The molecule has 0 fully saturated rings. The number of phenols is 1. The summed E-state index contributed by atoms with van der Waals surface area (Å²) in [6, 6.07) is 9.88. The van der Waals surface area contributed by atoms with E-state index in [2.05, 4.69) is 19.1 Å². The Morgan fingerprint density at radius 2 is 1.88 bits per heavy atom. The van der Waals surface area contributed by atoms with Crippen molar-refractivity contribution in [2.75, 3.05) is 0 Å². The van der Waals surface area contributed by atoms with Gasteiger partial charge in [-0.15, -0.1) is 0 Å². The highest BCUT2D eigenvalue weighted by Gasteiger charge is 2.20. The maximum Gasteiger partial charge on any atom is 0.130 e. The Balaban J connectivity index is 2.31. The van der Waals surface area contributed by atoms with Gasteiger partial charge in [0.2, 0.25) is 0 Å². The summed E-state index contributed by atoms with van der Waals surface area (Å²) in [5, 5.41) is 9.72. The zero-order valence-electron chi connectivity index (χ0n) is 9.95. The van der Waals surface area contributed by atoms with Crippen LogP contribution in [0.4, 0.5) is 0 Å². The van der Waals surface area contributed by atoms with E-state index < -0.39 is 0 Å². The van der Waals surface area contributed by atoms with E-state index in [1.165, 1.54) is 5.56 Å². The van der Waals surface area contributed by atoms with Crippen LogP contribution in [0.2, 0.25) is 0 Å². The van der Waals surface area contributed by atoms with Gasteiger partial charge in [0.05, 0.1) is 0 Å². The minimum absolute atomic E-state index is 0.337. The fourth-order valence-electron chi connectivity index (χ4n) is 2.38. The molecule has 1 aliphatic heterocycles. The summed E-state index contributed by atoms with van der Waals surface area (Å²) >= 11 is 0. The van der Waals surface area contributed by atoms with Gasteiger partial charge < -0.3 is 9.84 Å². The highest BCUT2D eigenvalue weighted by atomic mass is 16.5. The summed E-state index contributed by atoms with van der Waals surface area (Å²) < 4.78 is 5.81. The normalized spacial score (nSPS) is 12.6. The number of hydrogen-bond donors (Lipinski definition) is 1. The molecule has 1 aliphatic rings. The summed E-state index contributed by atoms with van der Waals surface area (Å²) in [5.41, 5.74) is 5.44. The number of aryl methyl sites for hydroxylation is 1. The number of para-hydroxylation sites is 1. The first-order valence-electron chi connectivity index (χ1n) is 5.72. The molecule has 1 N–H and O–H groups in total. The molecular formula is C15H14O2. The quantitative estimate of drug-likeness (QED) is 0.744. The van der Waals surface area contributed by atoms with E-state index in [1.807, 2.05) is 19.1 Å². The molecule has 0 aromatic heterocycles. The Bertz CT molecular complexity index is 600. The van der Waals surface area contributed by atoms with Crippen molar-refractivity contribution in [3.8, 4) is 22.6 Å². The number of aromatic hydroxyl groups is 1. The summed E-state index contributed by atoms with van der Waals surface area (Å²) in [6.07, 6.45) is 0. The largest absolute Gasteiger partial charge is 0.508 e. The molecule has 0 unspecified atom stereocenters. The van der Waals surface area contributed by atoms with Crippen LogP contribution in [0.25, 0.3) is 11.1 Å². The highest BCUT2D eigenvalue weighted by Crippen LogP contribution is 2.42. The SMILES string of the molecule is Cc1cccc2c1OCc1c-2ccc(O)c1C. The van der Waals surface area contributed by atoms with Crippen LogP contribution in [-0.4, -0.2) is 5.11 Å². The summed E-state index contributed by atoms with van der Waals surface area (Å²) in [7, 11) is 0. The molecule has 2 heteroatoms. The van der Waals surface area contributed by atoms with E-state index in [9.17, 15) is 5.11 Å². The Hall–Kier alpha value is -1.96. The minimum atomic E-state index is 0.337. The van der Waals surface area contributed by atoms with Gasteiger partial charge in [0.25, 0.3) is 0 Å². The van der Waals surface area contributed by atoms with Crippen LogP contribution in [0.5, 0.6) is 11.5 Å². The molecule has 0 amide bonds. The Morgan fingerprint density at radius 3 is 2.71 bits per heavy atom. The second-order valence-electron chi connectivity index (χ2n) is 4.48. The lowest BCUT2D eigenvalue weighted by atomic mass is 9.92. The Kier molecular flexibility index (Phi) is 2.11. The van der Waals surface area contributed by atoms with Gasteiger partial charge in [0, 0.05) is 11.1 Å². The van der Waals surface area contributed by atoms with Crippen molar-refractivity contribution in [3.05, 3.63) is 47.0 Å². The molecule has 2 nitrogen and oxygen atoms in total. The van der Waals surface area contributed by atoms with Crippen LogP contribution in [0.3, 0.4) is 0 Å². The van der Waals surface area contributed by atoms with E-state index in [0.717, 1.165) is 28.0 Å². The zero-order valence-corrected chi connectivity index (χ0v) is 9.95. The second kappa shape index (κ2) is 3.52. The molecule has 0 radical (unpaired) electrons. The molecule has 0 aliphatic carbocycles. The fourth-order valence-corrected chi connectivity index (χ4v) is 2.38. The van der Waals surface area contributed by atoms with Crippen LogP contribution in [0, 0.1) is 13.8 Å². The zero-order chi connectivity index (χ0) is 12.0. The van der Waals surface area contributed by atoms with Crippen molar-refractivity contribution in [1.82, 2.24) is 0 Å². The molecule has 17 heavy (non-hydrogen) atoms. The molecule has 3 rings (SSSR count). The molecule has 0 saturated heterocycles. The van der Waals surface area contributed by atoms with Gasteiger partial charge in [-0.3, -0.25) is 0 Å². The number of phenolic OH excluding ortho intramolecular Hbond substituents is 1. The monoisotopic (exact) mass is 226 g/mol. The van der Waals surface area contributed by atoms with Gasteiger partial charge in [-0.1, -0.05) is 24.3 Å². The fraction of sp³-hybridized carbons (Fsp3) is 0.200. The van der Waals surface area contributed by atoms with Gasteiger partial charge in [0.15, 0.2) is 0 Å². The summed E-state index contributed by atoms with van der Waals surface area (Å²) in [5.74, 6) is 1.30. The topological polar surface area (TPSA) is 29.5 Å². The van der Waals surface area contributed by atoms with Gasteiger partial charge in [-0.2, -0.15) is 0 Å². The second-order valence-corrected chi connectivity index (χ2v) is 4.48. The first-order valence-corrected chi connectivity index (χ1v) is 5.72. The van der Waals surface area contributed by atoms with Crippen molar-refractivity contribution in [1.29, 1.82) is 0 Å². The van der Waals surface area contributed by atoms with E-state index in [4.69, 9.17) is 4.74 Å². The average molecular weight is 226 g/mol. The van der Waals surface area contributed by atoms with Crippen LogP contribution < -0.4 is 4.74 Å².